The number of benzene rings is 1. The summed E-state index contributed by atoms with van der Waals surface area (Å²) in [5, 5.41) is 11.2. The summed E-state index contributed by atoms with van der Waals surface area (Å²) in [5.41, 5.74) is 0.804. The number of hydrogen-bond acceptors (Lipinski definition) is 3. The zero-order chi connectivity index (χ0) is 13.8. The number of nitrogens with zero attached hydrogens (tertiary/aromatic N) is 1. The molecule has 0 saturated carbocycles. The van der Waals surface area contributed by atoms with E-state index in [9.17, 15) is 5.11 Å². The van der Waals surface area contributed by atoms with Gasteiger partial charge >= 0.3 is 0 Å². The summed E-state index contributed by atoms with van der Waals surface area (Å²) in [6.07, 6.45) is 1.77. The molecule has 0 aromatic heterocycles. The Morgan fingerprint density at radius 1 is 1.42 bits per heavy atom. The first-order valence-corrected chi connectivity index (χ1v) is 7.39. The number of halogens is 1. The van der Waals surface area contributed by atoms with Crippen molar-refractivity contribution in [3.05, 3.63) is 28.8 Å². The van der Waals surface area contributed by atoms with Gasteiger partial charge in [-0.15, -0.1) is 0 Å². The predicted octanol–water partition coefficient (Wildman–Crippen LogP) is 3.26. The maximum absolute atomic E-state index is 10.6. The number of fused-ring (bicyclic) bond motifs is 1. The monoisotopic (exact) mass is 283 g/mol. The van der Waals surface area contributed by atoms with Gasteiger partial charge in [0.25, 0.3) is 0 Å². The van der Waals surface area contributed by atoms with Crippen LogP contribution in [0, 0.1) is 0 Å². The quantitative estimate of drug-likeness (QED) is 0.900. The molecule has 0 amide bonds. The summed E-state index contributed by atoms with van der Waals surface area (Å²) in [5.74, 6) is 0.750. The Labute approximate surface area is 120 Å². The largest absolute Gasteiger partial charge is 0.491 e. The highest BCUT2D eigenvalue weighted by Crippen LogP contribution is 2.35. The van der Waals surface area contributed by atoms with Crippen molar-refractivity contribution in [2.75, 3.05) is 19.7 Å². The third-order valence-electron chi connectivity index (χ3n) is 3.74. The predicted molar refractivity (Wildman–Crippen MR) is 77.8 cm³/mol. The van der Waals surface area contributed by atoms with Crippen LogP contribution >= 0.6 is 11.6 Å². The Balaban J connectivity index is 2.17. The van der Waals surface area contributed by atoms with Gasteiger partial charge in [0.1, 0.15) is 18.5 Å². The van der Waals surface area contributed by atoms with Crippen molar-refractivity contribution < 1.29 is 9.84 Å². The first-order chi connectivity index (χ1) is 9.17. The molecule has 19 heavy (non-hydrogen) atoms. The minimum atomic E-state index is -0.528. The second-order valence-corrected chi connectivity index (χ2v) is 5.42. The molecule has 1 aromatic rings. The van der Waals surface area contributed by atoms with E-state index in [0.29, 0.717) is 11.6 Å². The fraction of sp³-hybridized carbons (Fsp3) is 0.600. The Kier molecular flexibility index (Phi) is 5.08. The summed E-state index contributed by atoms with van der Waals surface area (Å²) >= 11 is 6.01. The lowest BCUT2D eigenvalue weighted by Crippen LogP contribution is -2.46. The van der Waals surface area contributed by atoms with Crippen molar-refractivity contribution in [1.82, 2.24) is 4.90 Å². The number of ether oxygens (including phenoxy) is 1. The highest BCUT2D eigenvalue weighted by atomic mass is 35.5. The van der Waals surface area contributed by atoms with Gasteiger partial charge in [0.15, 0.2) is 0 Å². The van der Waals surface area contributed by atoms with E-state index < -0.39 is 6.10 Å². The van der Waals surface area contributed by atoms with E-state index in [2.05, 4.69) is 18.7 Å². The maximum atomic E-state index is 10.6. The van der Waals surface area contributed by atoms with Gasteiger partial charge in [0.2, 0.25) is 0 Å². The fourth-order valence-corrected chi connectivity index (χ4v) is 2.76. The SMILES string of the molecule is CCCCN(CC)C1COc2ccc(Cl)cc2C1O. The molecule has 4 heteroatoms. The Bertz CT molecular complexity index is 425. The third-order valence-corrected chi connectivity index (χ3v) is 3.97. The van der Waals surface area contributed by atoms with Gasteiger partial charge in [-0.3, -0.25) is 4.90 Å². The van der Waals surface area contributed by atoms with Crippen LogP contribution in [0.5, 0.6) is 5.75 Å². The van der Waals surface area contributed by atoms with Crippen molar-refractivity contribution in [1.29, 1.82) is 0 Å². The average Bonchev–Trinajstić information content (AvgIpc) is 2.42. The van der Waals surface area contributed by atoms with E-state index in [1.54, 1.807) is 12.1 Å². The van der Waals surface area contributed by atoms with Crippen molar-refractivity contribution in [2.24, 2.45) is 0 Å². The van der Waals surface area contributed by atoms with Crippen LogP contribution in [0.15, 0.2) is 18.2 Å². The topological polar surface area (TPSA) is 32.7 Å². The highest BCUT2D eigenvalue weighted by Gasteiger charge is 2.33. The van der Waals surface area contributed by atoms with Crippen LogP contribution in [0.3, 0.4) is 0 Å². The summed E-state index contributed by atoms with van der Waals surface area (Å²) in [4.78, 5) is 2.29. The molecule has 0 fully saturated rings. The molecule has 3 nitrogen and oxygen atoms in total. The number of aliphatic hydroxyl groups is 1. The number of likely N-dealkylation sites (N-methyl/N-ethyl adjacent to an activating group) is 1. The van der Waals surface area contributed by atoms with Gasteiger partial charge in [0, 0.05) is 10.6 Å². The summed E-state index contributed by atoms with van der Waals surface area (Å²) in [6.45, 7) is 6.74. The summed E-state index contributed by atoms with van der Waals surface area (Å²) in [6, 6.07) is 5.45. The van der Waals surface area contributed by atoms with Gasteiger partial charge in [-0.05, 0) is 37.7 Å². The Morgan fingerprint density at radius 3 is 2.89 bits per heavy atom. The van der Waals surface area contributed by atoms with E-state index in [-0.39, 0.29) is 6.04 Å². The lowest BCUT2D eigenvalue weighted by molar-refractivity contribution is 0.00505. The van der Waals surface area contributed by atoms with Crippen LogP contribution < -0.4 is 4.74 Å². The molecular weight excluding hydrogens is 262 g/mol. The fourth-order valence-electron chi connectivity index (χ4n) is 2.58. The van der Waals surface area contributed by atoms with E-state index in [1.807, 2.05) is 6.07 Å². The molecular formula is C15H22ClNO2. The van der Waals surface area contributed by atoms with Crippen LogP contribution in [-0.4, -0.2) is 35.7 Å². The van der Waals surface area contributed by atoms with E-state index >= 15 is 0 Å². The van der Waals surface area contributed by atoms with E-state index in [4.69, 9.17) is 16.3 Å². The van der Waals surface area contributed by atoms with Crippen molar-refractivity contribution in [3.8, 4) is 5.75 Å². The number of rotatable bonds is 5. The molecule has 1 aromatic carbocycles. The third kappa shape index (κ3) is 3.22. The highest BCUT2D eigenvalue weighted by molar-refractivity contribution is 6.30. The molecule has 0 spiro atoms. The molecule has 0 saturated heterocycles. The van der Waals surface area contributed by atoms with Crippen molar-refractivity contribution in [2.45, 2.75) is 38.8 Å². The maximum Gasteiger partial charge on any atom is 0.125 e. The zero-order valence-electron chi connectivity index (χ0n) is 11.6. The van der Waals surface area contributed by atoms with E-state index in [1.165, 1.54) is 0 Å². The van der Waals surface area contributed by atoms with Crippen LogP contribution in [0.2, 0.25) is 5.02 Å². The van der Waals surface area contributed by atoms with Gasteiger partial charge in [-0.25, -0.2) is 0 Å². The first kappa shape index (κ1) is 14.6. The van der Waals surface area contributed by atoms with E-state index in [0.717, 1.165) is 37.2 Å². The van der Waals surface area contributed by atoms with Gasteiger partial charge in [0.05, 0.1) is 6.04 Å². The molecule has 2 atom stereocenters. The Hall–Kier alpha value is -0.770. The summed E-state index contributed by atoms with van der Waals surface area (Å²) in [7, 11) is 0. The number of hydrogen-bond donors (Lipinski definition) is 1. The van der Waals surface area contributed by atoms with Gasteiger partial charge < -0.3 is 9.84 Å². The van der Waals surface area contributed by atoms with Gasteiger partial charge in [-0.2, -0.15) is 0 Å². The van der Waals surface area contributed by atoms with Crippen molar-refractivity contribution >= 4 is 11.6 Å². The molecule has 1 heterocycles. The molecule has 0 bridgehead atoms. The minimum absolute atomic E-state index is 0.0162. The van der Waals surface area contributed by atoms with Gasteiger partial charge in [-0.1, -0.05) is 31.9 Å². The normalized spacial score (nSPS) is 22.2. The van der Waals surface area contributed by atoms with Crippen LogP contribution in [-0.2, 0) is 0 Å². The standard InChI is InChI=1S/C15H22ClNO2/c1-3-5-8-17(4-2)13-10-19-14-7-6-11(16)9-12(14)15(13)18/h6-7,9,13,15,18H,3-5,8,10H2,1-2H3. The second-order valence-electron chi connectivity index (χ2n) is 4.99. The molecule has 106 valence electrons. The molecule has 1 N–H and O–H groups in total. The first-order valence-electron chi connectivity index (χ1n) is 7.01. The Morgan fingerprint density at radius 2 is 2.21 bits per heavy atom. The lowest BCUT2D eigenvalue weighted by Gasteiger charge is -2.38. The van der Waals surface area contributed by atoms with Crippen LogP contribution in [0.1, 0.15) is 38.4 Å². The van der Waals surface area contributed by atoms with Crippen LogP contribution in [0.25, 0.3) is 0 Å². The molecule has 0 aliphatic carbocycles. The smallest absolute Gasteiger partial charge is 0.125 e. The minimum Gasteiger partial charge on any atom is -0.491 e. The van der Waals surface area contributed by atoms with Crippen LogP contribution in [0.4, 0.5) is 0 Å². The number of unbranched alkanes of at least 4 members (excludes halogenated alkanes) is 1. The lowest BCUT2D eigenvalue weighted by atomic mass is 9.97. The molecule has 2 unspecified atom stereocenters. The van der Waals surface area contributed by atoms with Crippen molar-refractivity contribution in [3.63, 3.8) is 0 Å². The molecule has 1 aliphatic rings. The molecule has 1 aliphatic heterocycles. The number of aliphatic hydroxyl groups excluding tert-OH is 1. The zero-order valence-corrected chi connectivity index (χ0v) is 12.4. The average molecular weight is 284 g/mol. The summed E-state index contributed by atoms with van der Waals surface area (Å²) < 4.78 is 5.76. The molecule has 0 radical (unpaired) electrons. The molecule has 2 rings (SSSR count). The second kappa shape index (κ2) is 6.60.